The lowest BCUT2D eigenvalue weighted by atomic mass is 10.0. The van der Waals surface area contributed by atoms with Crippen LogP contribution in [0.5, 0.6) is 0 Å². The Labute approximate surface area is 115 Å². The average Bonchev–Trinajstić information content (AvgIpc) is 2.20. The summed E-state index contributed by atoms with van der Waals surface area (Å²) >= 11 is 3.52. The van der Waals surface area contributed by atoms with Crippen LogP contribution in [0.25, 0.3) is 0 Å². The Morgan fingerprint density at radius 3 is 2.47 bits per heavy atom. The van der Waals surface area contributed by atoms with E-state index in [0.29, 0.717) is 0 Å². The molecule has 0 aromatic heterocycles. The van der Waals surface area contributed by atoms with Crippen molar-refractivity contribution in [3.8, 4) is 0 Å². The van der Waals surface area contributed by atoms with Crippen LogP contribution in [0.15, 0.2) is 22.7 Å². The molecule has 2 nitrogen and oxygen atoms in total. The van der Waals surface area contributed by atoms with Crippen LogP contribution >= 0.6 is 15.9 Å². The lowest BCUT2D eigenvalue weighted by Gasteiger charge is -2.23. The third-order valence-electron chi connectivity index (χ3n) is 2.62. The molecular weight excluding hydrogens is 298 g/mol. The molecular formula is C13H20BrNOS. The second-order valence-electron chi connectivity index (χ2n) is 5.17. The van der Waals surface area contributed by atoms with E-state index in [1.54, 1.807) is 0 Å². The molecule has 0 radical (unpaired) electrons. The minimum absolute atomic E-state index is 0.0764. The van der Waals surface area contributed by atoms with Gasteiger partial charge in [0, 0.05) is 10.5 Å². The van der Waals surface area contributed by atoms with Gasteiger partial charge in [-0.05, 0) is 51.8 Å². The van der Waals surface area contributed by atoms with Gasteiger partial charge in [-0.3, -0.25) is 0 Å². The van der Waals surface area contributed by atoms with Crippen LogP contribution < -0.4 is 4.72 Å². The molecule has 0 aliphatic carbocycles. The molecule has 96 valence electrons. The van der Waals surface area contributed by atoms with Crippen LogP contribution in [0.4, 0.5) is 0 Å². The van der Waals surface area contributed by atoms with E-state index in [-0.39, 0.29) is 10.8 Å². The molecule has 4 heteroatoms. The molecule has 0 aliphatic rings. The van der Waals surface area contributed by atoms with Gasteiger partial charge in [-0.2, -0.15) is 0 Å². The maximum Gasteiger partial charge on any atom is 0.0975 e. The van der Waals surface area contributed by atoms with Crippen LogP contribution in [-0.4, -0.2) is 8.96 Å². The molecule has 1 aromatic rings. The van der Waals surface area contributed by atoms with Gasteiger partial charge in [0.05, 0.1) is 15.7 Å². The molecule has 1 rings (SSSR count). The summed E-state index contributed by atoms with van der Waals surface area (Å²) in [7, 11) is -1.05. The average molecular weight is 318 g/mol. The van der Waals surface area contributed by atoms with Crippen molar-refractivity contribution in [1.29, 1.82) is 0 Å². The number of halogens is 1. The Morgan fingerprint density at radius 1 is 1.35 bits per heavy atom. The molecule has 1 unspecified atom stereocenters. The standard InChI is InChI=1S/C13H20BrNOS/c1-9-11(7-6-8-12(9)14)10(2)15-17(16)13(3,4)5/h6-8,10,15H,1-5H3/t10?,17-/m1/s1. The van der Waals surface area contributed by atoms with Gasteiger partial charge in [0.25, 0.3) is 0 Å². The van der Waals surface area contributed by atoms with Crippen molar-refractivity contribution in [2.45, 2.75) is 45.4 Å². The van der Waals surface area contributed by atoms with Crippen LogP contribution in [0.1, 0.15) is 44.9 Å². The predicted octanol–water partition coefficient (Wildman–Crippen LogP) is 3.87. The van der Waals surface area contributed by atoms with Gasteiger partial charge in [-0.25, -0.2) is 8.93 Å². The number of benzene rings is 1. The Kier molecular flexibility index (Phi) is 4.93. The summed E-state index contributed by atoms with van der Waals surface area (Å²) in [4.78, 5) is 0. The lowest BCUT2D eigenvalue weighted by molar-refractivity contribution is 0.615. The third-order valence-corrected chi connectivity index (χ3v) is 5.16. The van der Waals surface area contributed by atoms with E-state index in [4.69, 9.17) is 0 Å². The third kappa shape index (κ3) is 3.90. The van der Waals surface area contributed by atoms with Crippen molar-refractivity contribution in [2.75, 3.05) is 0 Å². The molecule has 0 saturated heterocycles. The summed E-state index contributed by atoms with van der Waals surface area (Å²) in [5.74, 6) is 0. The SMILES string of the molecule is Cc1c(Br)cccc1C(C)N[S@](=O)C(C)(C)C. The van der Waals surface area contributed by atoms with E-state index in [1.807, 2.05) is 39.8 Å². The second-order valence-corrected chi connectivity index (χ2v) is 8.03. The summed E-state index contributed by atoms with van der Waals surface area (Å²) < 4.78 is 16.0. The van der Waals surface area contributed by atoms with Gasteiger partial charge in [-0.1, -0.05) is 28.1 Å². The van der Waals surface area contributed by atoms with Crippen molar-refractivity contribution in [3.05, 3.63) is 33.8 Å². The Balaban J connectivity index is 2.88. The van der Waals surface area contributed by atoms with Gasteiger partial charge >= 0.3 is 0 Å². The summed E-state index contributed by atoms with van der Waals surface area (Å²) in [6.07, 6.45) is 0. The van der Waals surface area contributed by atoms with Crippen molar-refractivity contribution < 1.29 is 4.21 Å². The minimum Gasteiger partial charge on any atom is -0.242 e. The number of nitrogens with one attached hydrogen (secondary N) is 1. The molecule has 0 fully saturated rings. The predicted molar refractivity (Wildman–Crippen MR) is 78.3 cm³/mol. The molecule has 0 spiro atoms. The molecule has 0 aliphatic heterocycles. The van der Waals surface area contributed by atoms with Crippen molar-refractivity contribution in [3.63, 3.8) is 0 Å². The molecule has 0 saturated carbocycles. The molecule has 0 amide bonds. The van der Waals surface area contributed by atoms with Crippen molar-refractivity contribution >= 4 is 26.9 Å². The fourth-order valence-corrected chi connectivity index (χ4v) is 2.68. The van der Waals surface area contributed by atoms with E-state index >= 15 is 0 Å². The van der Waals surface area contributed by atoms with E-state index in [2.05, 4.69) is 33.6 Å². The first-order chi connectivity index (χ1) is 7.73. The first-order valence-electron chi connectivity index (χ1n) is 5.66. The van der Waals surface area contributed by atoms with E-state index in [1.165, 1.54) is 11.1 Å². The van der Waals surface area contributed by atoms with E-state index < -0.39 is 11.0 Å². The highest BCUT2D eigenvalue weighted by Crippen LogP contribution is 2.25. The largest absolute Gasteiger partial charge is 0.242 e. The first-order valence-corrected chi connectivity index (χ1v) is 7.61. The normalized spacial score (nSPS) is 15.6. The van der Waals surface area contributed by atoms with E-state index in [0.717, 1.165) is 4.47 Å². The second kappa shape index (κ2) is 5.63. The van der Waals surface area contributed by atoms with Gasteiger partial charge in [-0.15, -0.1) is 0 Å². The molecule has 2 atom stereocenters. The summed E-state index contributed by atoms with van der Waals surface area (Å²) in [5.41, 5.74) is 2.37. The highest BCUT2D eigenvalue weighted by atomic mass is 79.9. The fourth-order valence-electron chi connectivity index (χ4n) is 1.49. The van der Waals surface area contributed by atoms with E-state index in [9.17, 15) is 4.21 Å². The van der Waals surface area contributed by atoms with Gasteiger partial charge in [0.2, 0.25) is 0 Å². The Hall–Kier alpha value is -0.190. The zero-order chi connectivity index (χ0) is 13.2. The molecule has 0 heterocycles. The van der Waals surface area contributed by atoms with Gasteiger partial charge < -0.3 is 0 Å². The molecule has 0 bridgehead atoms. The maximum atomic E-state index is 12.0. The monoisotopic (exact) mass is 317 g/mol. The number of hydrogen-bond acceptors (Lipinski definition) is 1. The maximum absolute atomic E-state index is 12.0. The smallest absolute Gasteiger partial charge is 0.0975 e. The lowest BCUT2D eigenvalue weighted by Crippen LogP contribution is -2.35. The highest BCUT2D eigenvalue weighted by molar-refractivity contribution is 9.10. The van der Waals surface area contributed by atoms with Gasteiger partial charge in [0.15, 0.2) is 0 Å². The summed E-state index contributed by atoms with van der Waals surface area (Å²) in [6.45, 7) is 10.0. The van der Waals surface area contributed by atoms with Crippen molar-refractivity contribution in [1.82, 2.24) is 4.72 Å². The number of rotatable bonds is 3. The Bertz CT molecular complexity index is 426. The summed E-state index contributed by atoms with van der Waals surface area (Å²) in [5, 5.41) is 0. The first kappa shape index (κ1) is 14.9. The minimum atomic E-state index is -1.05. The fraction of sp³-hybridized carbons (Fsp3) is 0.538. The van der Waals surface area contributed by atoms with Crippen LogP contribution in [0.3, 0.4) is 0 Å². The molecule has 1 N–H and O–H groups in total. The van der Waals surface area contributed by atoms with Crippen LogP contribution in [-0.2, 0) is 11.0 Å². The zero-order valence-electron chi connectivity index (χ0n) is 11.0. The summed E-state index contributed by atoms with van der Waals surface area (Å²) in [6, 6.07) is 6.17. The van der Waals surface area contributed by atoms with Gasteiger partial charge in [0.1, 0.15) is 0 Å². The van der Waals surface area contributed by atoms with Crippen LogP contribution in [0.2, 0.25) is 0 Å². The zero-order valence-corrected chi connectivity index (χ0v) is 13.4. The number of hydrogen-bond donors (Lipinski definition) is 1. The highest BCUT2D eigenvalue weighted by Gasteiger charge is 2.22. The quantitative estimate of drug-likeness (QED) is 0.900. The topological polar surface area (TPSA) is 29.1 Å². The Morgan fingerprint density at radius 2 is 1.94 bits per heavy atom. The van der Waals surface area contributed by atoms with Crippen LogP contribution in [0, 0.1) is 6.92 Å². The molecule has 17 heavy (non-hydrogen) atoms. The van der Waals surface area contributed by atoms with Crippen molar-refractivity contribution in [2.24, 2.45) is 0 Å². The molecule has 1 aromatic carbocycles.